The average molecular weight is 336 g/mol. The van der Waals surface area contributed by atoms with Gasteiger partial charge in [-0.1, -0.05) is 6.92 Å². The first-order chi connectivity index (χ1) is 11.2. The fraction of sp³-hybridized carbons (Fsp3) is 0.611. The predicted octanol–water partition coefficient (Wildman–Crippen LogP) is 3.49. The maximum Gasteiger partial charge on any atom is 0.170 e. The minimum Gasteiger partial charge on any atom is -0.494 e. The van der Waals surface area contributed by atoms with Crippen LogP contribution in [0.4, 0.5) is 5.69 Å². The van der Waals surface area contributed by atoms with Crippen molar-refractivity contribution in [1.82, 2.24) is 10.2 Å². The average Bonchev–Trinajstić information content (AvgIpc) is 2.54. The number of benzene rings is 1. The van der Waals surface area contributed by atoms with Gasteiger partial charge in [0.1, 0.15) is 5.75 Å². The molecule has 0 aliphatic carbocycles. The third-order valence-corrected chi connectivity index (χ3v) is 4.35. The van der Waals surface area contributed by atoms with E-state index in [0.717, 1.165) is 36.9 Å². The summed E-state index contributed by atoms with van der Waals surface area (Å²) < 4.78 is 5.43. The van der Waals surface area contributed by atoms with E-state index >= 15 is 0 Å². The Hall–Kier alpha value is -1.33. The summed E-state index contributed by atoms with van der Waals surface area (Å²) in [6.07, 6.45) is 3.84. The van der Waals surface area contributed by atoms with Gasteiger partial charge in [-0.2, -0.15) is 0 Å². The van der Waals surface area contributed by atoms with Gasteiger partial charge < -0.3 is 20.3 Å². The number of piperidine rings is 1. The summed E-state index contributed by atoms with van der Waals surface area (Å²) in [6.45, 7) is 9.57. The summed E-state index contributed by atoms with van der Waals surface area (Å²) in [6, 6.07) is 7.86. The van der Waals surface area contributed by atoms with Crippen LogP contribution in [0.1, 0.15) is 33.1 Å². The zero-order valence-electron chi connectivity index (χ0n) is 14.3. The molecule has 5 heteroatoms. The highest BCUT2D eigenvalue weighted by Crippen LogP contribution is 2.16. The first kappa shape index (κ1) is 18.0. The minimum absolute atomic E-state index is 0.682. The predicted molar refractivity (Wildman–Crippen MR) is 101 cm³/mol. The number of nitrogens with one attached hydrogen (secondary N) is 2. The van der Waals surface area contributed by atoms with Crippen LogP contribution in [0.25, 0.3) is 0 Å². The van der Waals surface area contributed by atoms with Crippen molar-refractivity contribution >= 4 is 23.0 Å². The van der Waals surface area contributed by atoms with Crippen LogP contribution < -0.4 is 15.4 Å². The zero-order chi connectivity index (χ0) is 16.5. The third kappa shape index (κ3) is 6.75. The van der Waals surface area contributed by atoms with Gasteiger partial charge in [-0.05, 0) is 81.7 Å². The number of likely N-dealkylation sites (tertiary alicyclic amines) is 1. The molecule has 1 saturated heterocycles. The molecule has 2 rings (SSSR count). The van der Waals surface area contributed by atoms with Crippen molar-refractivity contribution in [2.24, 2.45) is 5.92 Å². The molecule has 0 spiro atoms. The Morgan fingerprint density at radius 2 is 2.13 bits per heavy atom. The lowest BCUT2D eigenvalue weighted by atomic mass is 10.0. The maximum absolute atomic E-state index is 5.43. The maximum atomic E-state index is 5.43. The highest BCUT2D eigenvalue weighted by molar-refractivity contribution is 7.80. The lowest BCUT2D eigenvalue weighted by Crippen LogP contribution is -2.37. The van der Waals surface area contributed by atoms with Gasteiger partial charge in [0.05, 0.1) is 6.61 Å². The highest BCUT2D eigenvalue weighted by Gasteiger charge is 2.15. The van der Waals surface area contributed by atoms with Crippen LogP contribution >= 0.6 is 12.2 Å². The Kier molecular flexibility index (Phi) is 7.62. The van der Waals surface area contributed by atoms with Crippen LogP contribution in [0.2, 0.25) is 0 Å². The van der Waals surface area contributed by atoms with Crippen molar-refractivity contribution in [1.29, 1.82) is 0 Å². The molecule has 1 aliphatic rings. The van der Waals surface area contributed by atoms with Crippen LogP contribution in [0.15, 0.2) is 24.3 Å². The molecule has 1 aromatic carbocycles. The topological polar surface area (TPSA) is 36.5 Å². The summed E-state index contributed by atoms with van der Waals surface area (Å²) in [4.78, 5) is 2.57. The molecule has 1 fully saturated rings. The lowest BCUT2D eigenvalue weighted by Gasteiger charge is -2.30. The molecule has 1 heterocycles. The number of thiocarbonyl (C=S) groups is 1. The van der Waals surface area contributed by atoms with Gasteiger partial charge in [0.15, 0.2) is 5.11 Å². The van der Waals surface area contributed by atoms with Crippen molar-refractivity contribution in [3.8, 4) is 5.75 Å². The Morgan fingerprint density at radius 3 is 2.83 bits per heavy atom. The monoisotopic (exact) mass is 335 g/mol. The van der Waals surface area contributed by atoms with Crippen molar-refractivity contribution < 1.29 is 4.74 Å². The second-order valence-corrected chi connectivity index (χ2v) is 6.65. The van der Waals surface area contributed by atoms with Gasteiger partial charge in [0, 0.05) is 18.8 Å². The number of nitrogens with zero attached hydrogens (tertiary/aromatic N) is 1. The Balaban J connectivity index is 1.61. The van der Waals surface area contributed by atoms with Crippen LogP contribution in [-0.2, 0) is 0 Å². The molecule has 4 nitrogen and oxygen atoms in total. The molecular weight excluding hydrogens is 306 g/mol. The van der Waals surface area contributed by atoms with Crippen molar-refractivity contribution in [2.45, 2.75) is 33.1 Å². The van der Waals surface area contributed by atoms with Crippen LogP contribution in [0.5, 0.6) is 5.75 Å². The molecule has 128 valence electrons. The first-order valence-electron chi connectivity index (χ1n) is 8.67. The standard InChI is InChI=1S/C18H29N3OS/c1-3-22-17-9-7-16(8-10-17)20-18(23)19-11-5-13-21-12-4-6-15(2)14-21/h7-10,15H,3-6,11-14H2,1-2H3,(H2,19,20,23). The fourth-order valence-corrected chi connectivity index (χ4v) is 3.19. The minimum atomic E-state index is 0.682. The second-order valence-electron chi connectivity index (χ2n) is 6.24. The van der Waals surface area contributed by atoms with E-state index in [1.54, 1.807) is 0 Å². The van der Waals surface area contributed by atoms with Gasteiger partial charge >= 0.3 is 0 Å². The molecule has 0 aromatic heterocycles. The lowest BCUT2D eigenvalue weighted by molar-refractivity contribution is 0.182. The number of hydrogen-bond donors (Lipinski definition) is 2. The summed E-state index contributed by atoms with van der Waals surface area (Å²) in [5.41, 5.74) is 0.982. The van der Waals surface area contributed by atoms with Crippen molar-refractivity contribution in [2.75, 3.05) is 38.1 Å². The molecule has 1 aliphatic heterocycles. The molecule has 2 N–H and O–H groups in total. The van der Waals surface area contributed by atoms with E-state index in [-0.39, 0.29) is 0 Å². The zero-order valence-corrected chi connectivity index (χ0v) is 15.1. The van der Waals surface area contributed by atoms with Gasteiger partial charge in [-0.25, -0.2) is 0 Å². The molecule has 1 aromatic rings. The molecule has 0 radical (unpaired) electrons. The molecule has 23 heavy (non-hydrogen) atoms. The van der Waals surface area contributed by atoms with Crippen LogP contribution in [-0.4, -0.2) is 42.8 Å². The van der Waals surface area contributed by atoms with E-state index in [9.17, 15) is 0 Å². The molecular formula is C18H29N3OS. The fourth-order valence-electron chi connectivity index (χ4n) is 2.97. The largest absolute Gasteiger partial charge is 0.494 e. The van der Waals surface area contributed by atoms with E-state index in [2.05, 4.69) is 22.5 Å². The number of rotatable bonds is 7. The smallest absolute Gasteiger partial charge is 0.170 e. The van der Waals surface area contributed by atoms with E-state index in [1.807, 2.05) is 31.2 Å². The van der Waals surface area contributed by atoms with E-state index in [1.165, 1.54) is 25.9 Å². The van der Waals surface area contributed by atoms with Crippen LogP contribution in [0.3, 0.4) is 0 Å². The number of anilines is 1. The van der Waals surface area contributed by atoms with Gasteiger partial charge in [-0.3, -0.25) is 0 Å². The molecule has 1 atom stereocenters. The summed E-state index contributed by atoms with van der Waals surface area (Å²) in [5.74, 6) is 1.73. The van der Waals surface area contributed by atoms with Gasteiger partial charge in [0.2, 0.25) is 0 Å². The Morgan fingerprint density at radius 1 is 1.35 bits per heavy atom. The number of ether oxygens (including phenoxy) is 1. The molecule has 0 saturated carbocycles. The SMILES string of the molecule is CCOc1ccc(NC(=S)NCCCN2CCCC(C)C2)cc1. The summed E-state index contributed by atoms with van der Waals surface area (Å²) in [5, 5.41) is 7.17. The summed E-state index contributed by atoms with van der Waals surface area (Å²) >= 11 is 5.34. The van der Waals surface area contributed by atoms with Crippen molar-refractivity contribution in [3.05, 3.63) is 24.3 Å². The Bertz CT molecular complexity index is 478. The van der Waals surface area contributed by atoms with Crippen LogP contribution in [0, 0.1) is 5.92 Å². The van der Waals surface area contributed by atoms with E-state index < -0.39 is 0 Å². The van der Waals surface area contributed by atoms with Gasteiger partial charge in [0.25, 0.3) is 0 Å². The quantitative estimate of drug-likeness (QED) is 0.589. The molecule has 0 amide bonds. The van der Waals surface area contributed by atoms with Gasteiger partial charge in [-0.15, -0.1) is 0 Å². The normalized spacial score (nSPS) is 18.4. The van der Waals surface area contributed by atoms with E-state index in [0.29, 0.717) is 11.7 Å². The summed E-state index contributed by atoms with van der Waals surface area (Å²) in [7, 11) is 0. The second kappa shape index (κ2) is 9.73. The molecule has 0 bridgehead atoms. The number of hydrogen-bond acceptors (Lipinski definition) is 3. The third-order valence-electron chi connectivity index (χ3n) is 4.10. The molecule has 1 unspecified atom stereocenters. The van der Waals surface area contributed by atoms with Crippen molar-refractivity contribution in [3.63, 3.8) is 0 Å². The Labute approximate surface area is 145 Å². The highest BCUT2D eigenvalue weighted by atomic mass is 32.1. The first-order valence-corrected chi connectivity index (χ1v) is 9.08. The van der Waals surface area contributed by atoms with E-state index in [4.69, 9.17) is 17.0 Å².